The molecule has 0 saturated heterocycles. The smallest absolute Gasteiger partial charge is 0.346 e. The van der Waals surface area contributed by atoms with E-state index < -0.39 is 0 Å². The minimum Gasteiger partial charge on any atom is -0.422 e. The van der Waals surface area contributed by atoms with E-state index in [0.29, 0.717) is 16.2 Å². The van der Waals surface area contributed by atoms with Crippen molar-refractivity contribution in [3.8, 4) is 10.6 Å². The van der Waals surface area contributed by atoms with E-state index >= 15 is 0 Å². The third-order valence-corrected chi connectivity index (χ3v) is 7.41. The second-order valence-corrected chi connectivity index (χ2v) is 9.71. The van der Waals surface area contributed by atoms with Gasteiger partial charge in [-0.25, -0.2) is 14.1 Å². The third kappa shape index (κ3) is 5.05. The zero-order valence-corrected chi connectivity index (χ0v) is 20.5. The SMILES string of the molecule is C=CCN(CC=C)Sc1ccc2nc(-c3cc4ccc(N(CC)CC)cc4oc3=O)sc2c1. The summed E-state index contributed by atoms with van der Waals surface area (Å²) in [4.78, 5) is 20.9. The van der Waals surface area contributed by atoms with Crippen LogP contribution in [0.4, 0.5) is 5.69 Å². The molecule has 0 atom stereocenters. The Bertz CT molecular complexity index is 1340. The lowest BCUT2D eigenvalue weighted by molar-refractivity contribution is 0.563. The summed E-state index contributed by atoms with van der Waals surface area (Å²) in [7, 11) is 0. The molecule has 2 heterocycles. The summed E-state index contributed by atoms with van der Waals surface area (Å²) in [6.07, 6.45) is 3.76. The van der Waals surface area contributed by atoms with Crippen LogP contribution in [0.2, 0.25) is 0 Å². The molecule has 7 heteroatoms. The molecule has 170 valence electrons. The first-order chi connectivity index (χ1) is 16.1. The maximum atomic E-state index is 12.8. The monoisotopic (exact) mass is 477 g/mol. The van der Waals surface area contributed by atoms with Crippen LogP contribution in [0.1, 0.15) is 13.8 Å². The van der Waals surface area contributed by atoms with Gasteiger partial charge >= 0.3 is 5.63 Å². The molecule has 0 amide bonds. The first-order valence-electron chi connectivity index (χ1n) is 10.9. The van der Waals surface area contributed by atoms with Gasteiger partial charge in [-0.15, -0.1) is 24.5 Å². The fourth-order valence-electron chi connectivity index (χ4n) is 3.70. The molecule has 5 nitrogen and oxygen atoms in total. The van der Waals surface area contributed by atoms with Crippen molar-refractivity contribution in [3.05, 3.63) is 78.2 Å². The van der Waals surface area contributed by atoms with Crippen molar-refractivity contribution < 1.29 is 4.42 Å². The molecule has 0 fully saturated rings. The van der Waals surface area contributed by atoms with Crippen LogP contribution in [0.25, 0.3) is 31.8 Å². The molecular weight excluding hydrogens is 450 g/mol. The van der Waals surface area contributed by atoms with Crippen molar-refractivity contribution >= 4 is 50.2 Å². The Balaban J connectivity index is 1.67. The molecule has 2 aromatic carbocycles. The Hall–Kier alpha value is -2.87. The predicted molar refractivity (Wildman–Crippen MR) is 142 cm³/mol. The molecular formula is C26H27N3O2S2. The van der Waals surface area contributed by atoms with E-state index in [1.165, 1.54) is 11.3 Å². The first-order valence-corrected chi connectivity index (χ1v) is 12.5. The highest BCUT2D eigenvalue weighted by molar-refractivity contribution is 7.97. The highest BCUT2D eigenvalue weighted by atomic mass is 32.2. The van der Waals surface area contributed by atoms with Crippen LogP contribution in [0.3, 0.4) is 0 Å². The van der Waals surface area contributed by atoms with E-state index in [4.69, 9.17) is 9.40 Å². The van der Waals surface area contributed by atoms with Gasteiger partial charge < -0.3 is 9.32 Å². The van der Waals surface area contributed by atoms with Gasteiger partial charge in [0.15, 0.2) is 0 Å². The van der Waals surface area contributed by atoms with Crippen molar-refractivity contribution in [2.75, 3.05) is 31.1 Å². The standard InChI is InChI=1S/C26H27N3O2S2/c1-5-13-29(14-6-2)33-20-11-12-22-24(17-20)32-25(27-22)21-15-18-9-10-19(28(7-3)8-4)16-23(18)31-26(21)30/h5-6,9-12,15-17H,1-2,7-8,13-14H2,3-4H3. The molecule has 0 unspecified atom stereocenters. The fraction of sp³-hybridized carbons (Fsp3) is 0.231. The molecule has 0 bridgehead atoms. The van der Waals surface area contributed by atoms with Crippen LogP contribution in [0.5, 0.6) is 0 Å². The highest BCUT2D eigenvalue weighted by Crippen LogP contribution is 2.34. The van der Waals surface area contributed by atoms with Crippen LogP contribution in [-0.2, 0) is 0 Å². The summed E-state index contributed by atoms with van der Waals surface area (Å²) in [5.41, 5.74) is 2.65. The van der Waals surface area contributed by atoms with Gasteiger partial charge in [-0.2, -0.15) is 0 Å². The Morgan fingerprint density at radius 2 is 1.82 bits per heavy atom. The summed E-state index contributed by atoms with van der Waals surface area (Å²) < 4.78 is 8.91. The van der Waals surface area contributed by atoms with Crippen LogP contribution >= 0.6 is 23.3 Å². The van der Waals surface area contributed by atoms with Crippen LogP contribution < -0.4 is 10.5 Å². The molecule has 0 N–H and O–H groups in total. The van der Waals surface area contributed by atoms with Gasteiger partial charge in [-0.1, -0.05) is 12.2 Å². The summed E-state index contributed by atoms with van der Waals surface area (Å²) in [5.74, 6) is 0. The Kier molecular flexibility index (Phi) is 7.33. The third-order valence-electron chi connectivity index (χ3n) is 5.34. The number of anilines is 1. The fourth-order valence-corrected chi connectivity index (χ4v) is 5.74. The number of aromatic nitrogens is 1. The van der Waals surface area contributed by atoms with E-state index in [0.717, 1.165) is 52.4 Å². The Morgan fingerprint density at radius 3 is 2.52 bits per heavy atom. The van der Waals surface area contributed by atoms with Crippen molar-refractivity contribution in [3.63, 3.8) is 0 Å². The highest BCUT2D eigenvalue weighted by Gasteiger charge is 2.15. The Labute approximate surface area is 202 Å². The zero-order valence-electron chi connectivity index (χ0n) is 18.9. The van der Waals surface area contributed by atoms with Crippen LogP contribution in [-0.4, -0.2) is 35.5 Å². The van der Waals surface area contributed by atoms with E-state index in [9.17, 15) is 4.79 Å². The molecule has 0 radical (unpaired) electrons. The number of thiazole rings is 1. The number of benzene rings is 2. The molecule has 2 aromatic heterocycles. The van der Waals surface area contributed by atoms with Crippen molar-refractivity contribution in [2.45, 2.75) is 18.7 Å². The molecule has 0 saturated carbocycles. The van der Waals surface area contributed by atoms with Gasteiger partial charge in [0.05, 0.1) is 15.8 Å². The number of nitrogens with zero attached hydrogens (tertiary/aromatic N) is 3. The minimum absolute atomic E-state index is 0.365. The molecule has 33 heavy (non-hydrogen) atoms. The van der Waals surface area contributed by atoms with Gasteiger partial charge in [-0.05, 0) is 62.2 Å². The van der Waals surface area contributed by atoms with E-state index in [1.807, 2.05) is 42.5 Å². The van der Waals surface area contributed by atoms with E-state index in [2.05, 4.69) is 48.3 Å². The normalized spacial score (nSPS) is 11.4. The average Bonchev–Trinajstić information content (AvgIpc) is 3.23. The zero-order chi connectivity index (χ0) is 23.4. The first kappa shape index (κ1) is 23.3. The van der Waals surface area contributed by atoms with Crippen molar-refractivity contribution in [1.29, 1.82) is 0 Å². The van der Waals surface area contributed by atoms with E-state index in [1.54, 1.807) is 11.9 Å². The molecule has 0 aliphatic heterocycles. The van der Waals surface area contributed by atoms with Gasteiger partial charge in [0.1, 0.15) is 10.6 Å². The van der Waals surface area contributed by atoms with Crippen LogP contribution in [0.15, 0.2) is 81.9 Å². The number of fused-ring (bicyclic) bond motifs is 2. The second-order valence-electron chi connectivity index (χ2n) is 7.51. The largest absolute Gasteiger partial charge is 0.422 e. The number of hydrogen-bond acceptors (Lipinski definition) is 7. The second kappa shape index (κ2) is 10.4. The molecule has 4 rings (SSSR count). The summed E-state index contributed by atoms with van der Waals surface area (Å²) in [6.45, 7) is 15.2. The lowest BCUT2D eigenvalue weighted by atomic mass is 10.1. The number of rotatable bonds is 10. The predicted octanol–water partition coefficient (Wildman–Crippen LogP) is 6.60. The van der Waals surface area contributed by atoms with Gasteiger partial charge in [0.2, 0.25) is 0 Å². The quantitative estimate of drug-likeness (QED) is 0.146. The summed E-state index contributed by atoms with van der Waals surface area (Å²) in [6, 6.07) is 14.1. The lowest BCUT2D eigenvalue weighted by Crippen LogP contribution is -2.21. The Morgan fingerprint density at radius 1 is 1.06 bits per heavy atom. The van der Waals surface area contributed by atoms with Gasteiger partial charge in [0, 0.05) is 48.2 Å². The molecule has 0 aliphatic carbocycles. The van der Waals surface area contributed by atoms with Crippen molar-refractivity contribution in [2.24, 2.45) is 0 Å². The molecule has 0 spiro atoms. The summed E-state index contributed by atoms with van der Waals surface area (Å²) >= 11 is 3.16. The maximum absolute atomic E-state index is 12.8. The van der Waals surface area contributed by atoms with E-state index in [-0.39, 0.29) is 5.63 Å². The molecule has 0 aliphatic rings. The van der Waals surface area contributed by atoms with Gasteiger partial charge in [-0.3, -0.25) is 0 Å². The van der Waals surface area contributed by atoms with Crippen molar-refractivity contribution in [1.82, 2.24) is 9.29 Å². The topological polar surface area (TPSA) is 49.6 Å². The number of hydrogen-bond donors (Lipinski definition) is 0. The summed E-state index contributed by atoms with van der Waals surface area (Å²) in [5, 5.41) is 1.56. The molecule has 4 aromatic rings. The minimum atomic E-state index is -0.365. The maximum Gasteiger partial charge on any atom is 0.346 e. The van der Waals surface area contributed by atoms with Gasteiger partial charge in [0.25, 0.3) is 0 Å². The average molecular weight is 478 g/mol. The lowest BCUT2D eigenvalue weighted by Gasteiger charge is -2.20. The van der Waals surface area contributed by atoms with Crippen LogP contribution in [0, 0.1) is 0 Å².